The van der Waals surface area contributed by atoms with E-state index < -0.39 is 6.10 Å². The zero-order valence-corrected chi connectivity index (χ0v) is 14.2. The van der Waals surface area contributed by atoms with Crippen molar-refractivity contribution in [1.29, 1.82) is 0 Å². The molecule has 0 aromatic carbocycles. The predicted octanol–water partition coefficient (Wildman–Crippen LogP) is 1.69. The Balaban J connectivity index is 3.41. The van der Waals surface area contributed by atoms with Gasteiger partial charge >= 0.3 is 0 Å². The summed E-state index contributed by atoms with van der Waals surface area (Å²) in [6.45, 7) is 10.5. The van der Waals surface area contributed by atoms with E-state index in [1.54, 1.807) is 0 Å². The number of aliphatic hydroxyl groups excluding tert-OH is 1. The minimum absolute atomic E-state index is 0.0521. The van der Waals surface area contributed by atoms with Crippen molar-refractivity contribution in [2.75, 3.05) is 26.3 Å². The van der Waals surface area contributed by atoms with E-state index in [2.05, 4.69) is 24.5 Å². The summed E-state index contributed by atoms with van der Waals surface area (Å²) in [5.74, 6) is 0.748. The van der Waals surface area contributed by atoms with Gasteiger partial charge in [0.25, 0.3) is 0 Å². The Hall–Kier alpha value is -0.650. The molecule has 0 saturated carbocycles. The lowest BCUT2D eigenvalue weighted by Crippen LogP contribution is -2.36. The Bertz CT molecular complexity index is 260. The maximum atomic E-state index is 11.5. The van der Waals surface area contributed by atoms with Crippen LogP contribution < -0.4 is 10.6 Å². The number of ether oxygens (including phenoxy) is 1. The van der Waals surface area contributed by atoms with Crippen LogP contribution in [0.4, 0.5) is 0 Å². The highest BCUT2D eigenvalue weighted by Crippen LogP contribution is 2.03. The smallest absolute Gasteiger partial charge is 0.221 e. The van der Waals surface area contributed by atoms with Crippen molar-refractivity contribution in [2.45, 2.75) is 65.5 Å². The molecule has 0 aromatic heterocycles. The van der Waals surface area contributed by atoms with Crippen LogP contribution in [0.25, 0.3) is 0 Å². The standard InChI is InChI=1S/C16H34N2O3/c1-5-14(4)18-16(20)8-9-17-11-15(19)12-21-10-6-7-13(2)3/h13-15,17,19H,5-12H2,1-4H3,(H,18,20). The van der Waals surface area contributed by atoms with Gasteiger partial charge in [-0.1, -0.05) is 20.8 Å². The van der Waals surface area contributed by atoms with Gasteiger partial charge < -0.3 is 20.5 Å². The topological polar surface area (TPSA) is 70.6 Å². The van der Waals surface area contributed by atoms with Crippen molar-refractivity contribution in [2.24, 2.45) is 5.92 Å². The van der Waals surface area contributed by atoms with Crippen LogP contribution in [0, 0.1) is 5.92 Å². The number of carbonyl (C=O) groups is 1. The number of amides is 1. The molecule has 0 fully saturated rings. The molecule has 2 unspecified atom stereocenters. The van der Waals surface area contributed by atoms with Crippen LogP contribution in [0.5, 0.6) is 0 Å². The Morgan fingerprint density at radius 2 is 2.00 bits per heavy atom. The summed E-state index contributed by atoms with van der Waals surface area (Å²) in [6, 6.07) is 0.224. The minimum Gasteiger partial charge on any atom is -0.389 e. The van der Waals surface area contributed by atoms with E-state index in [4.69, 9.17) is 4.74 Å². The van der Waals surface area contributed by atoms with Gasteiger partial charge in [-0.25, -0.2) is 0 Å². The van der Waals surface area contributed by atoms with Crippen LogP contribution in [0.2, 0.25) is 0 Å². The highest BCUT2D eigenvalue weighted by molar-refractivity contribution is 5.76. The van der Waals surface area contributed by atoms with Crippen molar-refractivity contribution in [1.82, 2.24) is 10.6 Å². The van der Waals surface area contributed by atoms with Crippen molar-refractivity contribution in [3.05, 3.63) is 0 Å². The molecule has 0 radical (unpaired) electrons. The predicted molar refractivity (Wildman–Crippen MR) is 86.3 cm³/mol. The SMILES string of the molecule is CCC(C)NC(=O)CCNCC(O)COCCCC(C)C. The number of rotatable bonds is 13. The Labute approximate surface area is 129 Å². The fraction of sp³-hybridized carbons (Fsp3) is 0.938. The van der Waals surface area contributed by atoms with E-state index in [0.717, 1.165) is 19.3 Å². The number of hydrogen-bond acceptors (Lipinski definition) is 4. The molecule has 0 aliphatic heterocycles. The van der Waals surface area contributed by atoms with Gasteiger partial charge in [0.2, 0.25) is 5.91 Å². The average molecular weight is 302 g/mol. The first-order valence-electron chi connectivity index (χ1n) is 8.21. The third kappa shape index (κ3) is 14.1. The highest BCUT2D eigenvalue weighted by atomic mass is 16.5. The molecule has 0 rings (SSSR count). The summed E-state index contributed by atoms with van der Waals surface area (Å²) < 4.78 is 5.42. The molecule has 0 heterocycles. The summed E-state index contributed by atoms with van der Waals surface area (Å²) in [7, 11) is 0. The monoisotopic (exact) mass is 302 g/mol. The van der Waals surface area contributed by atoms with E-state index >= 15 is 0 Å². The molecule has 3 N–H and O–H groups in total. The summed E-state index contributed by atoms with van der Waals surface area (Å²) >= 11 is 0. The quantitative estimate of drug-likeness (QED) is 0.453. The minimum atomic E-state index is -0.512. The van der Waals surface area contributed by atoms with Gasteiger partial charge in [0, 0.05) is 32.2 Å². The first kappa shape index (κ1) is 20.3. The molecule has 5 heteroatoms. The molecule has 0 bridgehead atoms. The zero-order valence-electron chi connectivity index (χ0n) is 14.2. The van der Waals surface area contributed by atoms with Crippen LogP contribution >= 0.6 is 0 Å². The molecule has 0 aromatic rings. The van der Waals surface area contributed by atoms with Crippen LogP contribution in [0.3, 0.4) is 0 Å². The van der Waals surface area contributed by atoms with E-state index in [1.807, 2.05) is 13.8 Å². The maximum absolute atomic E-state index is 11.5. The lowest BCUT2D eigenvalue weighted by atomic mass is 10.1. The van der Waals surface area contributed by atoms with Gasteiger partial charge in [0.1, 0.15) is 0 Å². The number of aliphatic hydroxyl groups is 1. The van der Waals surface area contributed by atoms with Crippen molar-refractivity contribution in [3.63, 3.8) is 0 Å². The van der Waals surface area contributed by atoms with Crippen molar-refractivity contribution in [3.8, 4) is 0 Å². The summed E-state index contributed by atoms with van der Waals surface area (Å²) in [5, 5.41) is 15.7. The van der Waals surface area contributed by atoms with Crippen LogP contribution in [-0.4, -0.2) is 49.5 Å². The summed E-state index contributed by atoms with van der Waals surface area (Å²) in [5.41, 5.74) is 0. The number of nitrogens with one attached hydrogen (secondary N) is 2. The molecule has 5 nitrogen and oxygen atoms in total. The van der Waals surface area contributed by atoms with Gasteiger partial charge in [0.15, 0.2) is 0 Å². The zero-order chi connectivity index (χ0) is 16.1. The lowest BCUT2D eigenvalue weighted by molar-refractivity contribution is -0.121. The van der Waals surface area contributed by atoms with Gasteiger partial charge in [-0.3, -0.25) is 4.79 Å². The van der Waals surface area contributed by atoms with Gasteiger partial charge in [-0.05, 0) is 32.1 Å². The highest BCUT2D eigenvalue weighted by Gasteiger charge is 2.07. The van der Waals surface area contributed by atoms with Gasteiger partial charge in [-0.2, -0.15) is 0 Å². The summed E-state index contributed by atoms with van der Waals surface area (Å²) in [4.78, 5) is 11.5. The molecule has 21 heavy (non-hydrogen) atoms. The van der Waals surface area contributed by atoms with Gasteiger partial charge in [-0.15, -0.1) is 0 Å². The maximum Gasteiger partial charge on any atom is 0.221 e. The van der Waals surface area contributed by atoms with E-state index in [1.165, 1.54) is 0 Å². The second kappa shape index (κ2) is 13.0. The molecule has 2 atom stereocenters. The van der Waals surface area contributed by atoms with Crippen LogP contribution in [0.15, 0.2) is 0 Å². The number of carbonyl (C=O) groups excluding carboxylic acids is 1. The fourth-order valence-electron chi connectivity index (χ4n) is 1.79. The van der Waals surface area contributed by atoms with E-state index in [9.17, 15) is 9.90 Å². The third-order valence-corrected chi connectivity index (χ3v) is 3.31. The number of hydrogen-bond donors (Lipinski definition) is 3. The Morgan fingerprint density at radius 3 is 2.62 bits per heavy atom. The van der Waals surface area contributed by atoms with Crippen molar-refractivity contribution < 1.29 is 14.6 Å². The molecule has 0 spiro atoms. The average Bonchev–Trinajstić information content (AvgIpc) is 2.42. The van der Waals surface area contributed by atoms with E-state index in [-0.39, 0.29) is 11.9 Å². The molecule has 0 saturated heterocycles. The molecule has 126 valence electrons. The molecule has 1 amide bonds. The lowest BCUT2D eigenvalue weighted by Gasteiger charge is -2.14. The normalized spacial score (nSPS) is 14.2. The summed E-state index contributed by atoms with van der Waals surface area (Å²) in [6.07, 6.45) is 3.05. The largest absolute Gasteiger partial charge is 0.389 e. The fourth-order valence-corrected chi connectivity index (χ4v) is 1.79. The second-order valence-electron chi connectivity index (χ2n) is 6.10. The molecular formula is C16H34N2O3. The molecule has 0 aliphatic rings. The molecule has 0 aliphatic carbocycles. The van der Waals surface area contributed by atoms with Crippen molar-refractivity contribution >= 4 is 5.91 Å². The molecular weight excluding hydrogens is 268 g/mol. The van der Waals surface area contributed by atoms with Crippen LogP contribution in [0.1, 0.15) is 53.4 Å². The Morgan fingerprint density at radius 1 is 1.29 bits per heavy atom. The Kier molecular flexibility index (Phi) is 12.6. The first-order chi connectivity index (χ1) is 9.95. The first-order valence-corrected chi connectivity index (χ1v) is 8.21. The van der Waals surface area contributed by atoms with Crippen LogP contribution in [-0.2, 0) is 9.53 Å². The van der Waals surface area contributed by atoms with E-state index in [0.29, 0.717) is 38.6 Å². The van der Waals surface area contributed by atoms with Gasteiger partial charge in [0.05, 0.1) is 12.7 Å². The third-order valence-electron chi connectivity index (χ3n) is 3.31. The second-order valence-corrected chi connectivity index (χ2v) is 6.10.